The molecule has 1 fully saturated rings. The first-order valence-electron chi connectivity index (χ1n) is 6.89. The maximum atomic E-state index is 12.5. The number of aromatic nitrogens is 1. The van der Waals surface area contributed by atoms with Crippen molar-refractivity contribution in [1.29, 1.82) is 0 Å². The fraction of sp³-hybridized carbons (Fsp3) is 0.571. The zero-order valence-electron chi connectivity index (χ0n) is 11.3. The molecule has 0 unspecified atom stereocenters. The van der Waals surface area contributed by atoms with E-state index in [0.717, 1.165) is 31.4 Å². The summed E-state index contributed by atoms with van der Waals surface area (Å²) in [6, 6.07) is 3.70. The Balaban J connectivity index is 2.12. The van der Waals surface area contributed by atoms with E-state index < -0.39 is 0 Å². The molecule has 5 heteroatoms. The zero-order valence-corrected chi connectivity index (χ0v) is 11.3. The van der Waals surface area contributed by atoms with Crippen molar-refractivity contribution >= 4 is 11.8 Å². The largest absolute Gasteiger partial charge is 0.370 e. The molecule has 1 aliphatic heterocycles. The Hall–Kier alpha value is -1.78. The van der Waals surface area contributed by atoms with E-state index in [1.807, 2.05) is 19.1 Å². The van der Waals surface area contributed by atoms with Crippen molar-refractivity contribution in [2.24, 2.45) is 5.73 Å². The van der Waals surface area contributed by atoms with Crippen molar-refractivity contribution in [1.82, 2.24) is 9.88 Å². The van der Waals surface area contributed by atoms with Crippen molar-refractivity contribution in [3.05, 3.63) is 23.5 Å². The smallest absolute Gasteiger partial charge is 0.270 e. The molecule has 2 heterocycles. The van der Waals surface area contributed by atoms with Crippen molar-refractivity contribution in [2.45, 2.75) is 45.1 Å². The van der Waals surface area contributed by atoms with Crippen LogP contribution in [0.4, 0.5) is 0 Å². The van der Waals surface area contributed by atoms with Gasteiger partial charge in [-0.1, -0.05) is 6.92 Å². The summed E-state index contributed by atoms with van der Waals surface area (Å²) in [5.41, 5.74) is 6.92. The molecular weight excluding hydrogens is 242 g/mol. The van der Waals surface area contributed by atoms with Crippen molar-refractivity contribution in [3.8, 4) is 0 Å². The average Bonchev–Trinajstić information content (AvgIpc) is 2.86. The lowest BCUT2D eigenvalue weighted by molar-refractivity contribution is -0.119. The molecule has 5 nitrogen and oxygen atoms in total. The lowest BCUT2D eigenvalue weighted by Gasteiger charge is -2.35. The number of hydrogen-bond acceptors (Lipinski definition) is 2. The van der Waals surface area contributed by atoms with Crippen LogP contribution in [0.2, 0.25) is 0 Å². The van der Waals surface area contributed by atoms with Crippen molar-refractivity contribution in [2.75, 3.05) is 6.54 Å². The van der Waals surface area contributed by atoms with E-state index in [2.05, 4.69) is 4.98 Å². The van der Waals surface area contributed by atoms with Gasteiger partial charge in [0, 0.05) is 24.7 Å². The van der Waals surface area contributed by atoms with Crippen LogP contribution in [0.25, 0.3) is 0 Å². The number of amides is 2. The number of H-pyrrole nitrogens is 1. The van der Waals surface area contributed by atoms with Gasteiger partial charge in [0.2, 0.25) is 5.91 Å². The first-order valence-corrected chi connectivity index (χ1v) is 6.89. The number of nitrogens with zero attached hydrogens (tertiary/aromatic N) is 1. The quantitative estimate of drug-likeness (QED) is 0.862. The molecule has 1 saturated heterocycles. The molecule has 104 valence electrons. The summed E-state index contributed by atoms with van der Waals surface area (Å²) in [6.45, 7) is 2.74. The molecule has 0 aromatic carbocycles. The molecule has 3 N–H and O–H groups in total. The van der Waals surface area contributed by atoms with E-state index in [9.17, 15) is 9.59 Å². The van der Waals surface area contributed by atoms with Crippen LogP contribution in [0, 0.1) is 0 Å². The number of nitrogens with one attached hydrogen (secondary N) is 1. The lowest BCUT2D eigenvalue weighted by atomic mass is 9.98. The highest BCUT2D eigenvalue weighted by molar-refractivity contribution is 5.93. The molecule has 2 rings (SSSR count). The van der Waals surface area contributed by atoms with E-state index in [-0.39, 0.29) is 24.3 Å². The van der Waals surface area contributed by atoms with Crippen LogP contribution in [-0.2, 0) is 11.2 Å². The van der Waals surface area contributed by atoms with E-state index >= 15 is 0 Å². The first kappa shape index (κ1) is 13.6. The fourth-order valence-electron chi connectivity index (χ4n) is 2.64. The Labute approximate surface area is 113 Å². The SMILES string of the molecule is CCc1ccc(C(=O)N2CCCC[C@@H]2CC(N)=O)[nH]1. The summed E-state index contributed by atoms with van der Waals surface area (Å²) < 4.78 is 0. The van der Waals surface area contributed by atoms with Gasteiger partial charge < -0.3 is 15.6 Å². The second-order valence-corrected chi connectivity index (χ2v) is 5.07. The van der Waals surface area contributed by atoms with Crippen LogP contribution in [0.5, 0.6) is 0 Å². The summed E-state index contributed by atoms with van der Waals surface area (Å²) in [4.78, 5) is 28.5. The van der Waals surface area contributed by atoms with Gasteiger partial charge in [-0.2, -0.15) is 0 Å². The maximum absolute atomic E-state index is 12.5. The summed E-state index contributed by atoms with van der Waals surface area (Å²) in [5, 5.41) is 0. The molecule has 19 heavy (non-hydrogen) atoms. The predicted octanol–water partition coefficient (Wildman–Crippen LogP) is 1.45. The molecule has 2 amide bonds. The summed E-state index contributed by atoms with van der Waals surface area (Å²) in [6.07, 6.45) is 4.02. The zero-order chi connectivity index (χ0) is 13.8. The fourth-order valence-corrected chi connectivity index (χ4v) is 2.64. The Kier molecular flexibility index (Phi) is 4.24. The predicted molar refractivity (Wildman–Crippen MR) is 72.7 cm³/mol. The molecule has 0 saturated carbocycles. The lowest BCUT2D eigenvalue weighted by Crippen LogP contribution is -2.45. The average molecular weight is 263 g/mol. The minimum absolute atomic E-state index is 0.0225. The highest BCUT2D eigenvalue weighted by atomic mass is 16.2. The number of aryl methyl sites for hydroxylation is 1. The van der Waals surface area contributed by atoms with E-state index in [1.165, 1.54) is 0 Å². The van der Waals surface area contributed by atoms with Gasteiger partial charge in [-0.3, -0.25) is 9.59 Å². The van der Waals surface area contributed by atoms with Gasteiger partial charge in [0.05, 0.1) is 0 Å². The molecule has 0 aliphatic carbocycles. The molecule has 0 bridgehead atoms. The Bertz CT molecular complexity index is 467. The van der Waals surface area contributed by atoms with Gasteiger partial charge in [0.15, 0.2) is 0 Å². The second-order valence-electron chi connectivity index (χ2n) is 5.07. The van der Waals surface area contributed by atoms with Crippen molar-refractivity contribution < 1.29 is 9.59 Å². The molecule has 1 aromatic heterocycles. The van der Waals surface area contributed by atoms with Crippen LogP contribution in [-0.4, -0.2) is 34.3 Å². The molecule has 1 aliphatic rings. The molecule has 0 spiro atoms. The number of piperidine rings is 1. The Morgan fingerprint density at radius 3 is 2.84 bits per heavy atom. The second kappa shape index (κ2) is 5.91. The van der Waals surface area contributed by atoms with Crippen molar-refractivity contribution in [3.63, 3.8) is 0 Å². The third-order valence-electron chi connectivity index (χ3n) is 3.68. The van der Waals surface area contributed by atoms with Crippen LogP contribution < -0.4 is 5.73 Å². The number of hydrogen-bond donors (Lipinski definition) is 2. The molecule has 0 radical (unpaired) electrons. The van der Waals surface area contributed by atoms with Gasteiger partial charge in [-0.25, -0.2) is 0 Å². The van der Waals surface area contributed by atoms with E-state index in [4.69, 9.17) is 5.73 Å². The Morgan fingerprint density at radius 2 is 2.21 bits per heavy atom. The third kappa shape index (κ3) is 3.16. The summed E-state index contributed by atoms with van der Waals surface area (Å²) in [7, 11) is 0. The number of aromatic amines is 1. The van der Waals surface area contributed by atoms with Crippen LogP contribution in [0.15, 0.2) is 12.1 Å². The normalized spacial score (nSPS) is 19.4. The monoisotopic (exact) mass is 263 g/mol. The van der Waals surface area contributed by atoms with Crippen LogP contribution in [0.3, 0.4) is 0 Å². The molecular formula is C14H21N3O2. The third-order valence-corrected chi connectivity index (χ3v) is 3.68. The highest BCUT2D eigenvalue weighted by Crippen LogP contribution is 2.21. The van der Waals surface area contributed by atoms with Gasteiger partial charge in [-0.15, -0.1) is 0 Å². The first-order chi connectivity index (χ1) is 9.11. The van der Waals surface area contributed by atoms with E-state index in [1.54, 1.807) is 4.90 Å². The number of likely N-dealkylation sites (tertiary alicyclic amines) is 1. The van der Waals surface area contributed by atoms with Gasteiger partial charge in [-0.05, 0) is 37.8 Å². The maximum Gasteiger partial charge on any atom is 0.270 e. The van der Waals surface area contributed by atoms with Crippen LogP contribution >= 0.6 is 0 Å². The van der Waals surface area contributed by atoms with Gasteiger partial charge in [0.1, 0.15) is 5.69 Å². The number of nitrogens with two attached hydrogens (primary N) is 1. The van der Waals surface area contributed by atoms with Gasteiger partial charge in [0.25, 0.3) is 5.91 Å². The van der Waals surface area contributed by atoms with Crippen LogP contribution in [0.1, 0.15) is 48.8 Å². The minimum atomic E-state index is -0.342. The molecule has 1 aromatic rings. The summed E-state index contributed by atoms with van der Waals surface area (Å²) >= 11 is 0. The van der Waals surface area contributed by atoms with E-state index in [0.29, 0.717) is 12.2 Å². The minimum Gasteiger partial charge on any atom is -0.370 e. The Morgan fingerprint density at radius 1 is 1.42 bits per heavy atom. The van der Waals surface area contributed by atoms with Gasteiger partial charge >= 0.3 is 0 Å². The number of rotatable bonds is 4. The topological polar surface area (TPSA) is 79.2 Å². The summed E-state index contributed by atoms with van der Waals surface area (Å²) in [5.74, 6) is -0.365. The number of carbonyl (C=O) groups excluding carboxylic acids is 2. The highest BCUT2D eigenvalue weighted by Gasteiger charge is 2.29. The standard InChI is InChI=1S/C14H21N3O2/c1-2-10-6-7-12(16-10)14(19)17-8-4-3-5-11(17)9-13(15)18/h6-7,11,16H,2-5,8-9H2,1H3,(H2,15,18)/t11-/m1/s1. The molecule has 1 atom stereocenters. The number of carbonyl (C=O) groups is 2. The number of primary amides is 1.